The van der Waals surface area contributed by atoms with Crippen molar-refractivity contribution in [1.29, 1.82) is 0 Å². The second kappa shape index (κ2) is 7.43. The Morgan fingerprint density at radius 2 is 2.27 bits per heavy atom. The van der Waals surface area contributed by atoms with Gasteiger partial charge in [0.25, 0.3) is 0 Å². The van der Waals surface area contributed by atoms with Gasteiger partial charge in [-0.2, -0.15) is 0 Å². The summed E-state index contributed by atoms with van der Waals surface area (Å²) in [6, 6.07) is 4.14. The molecule has 0 aromatic heterocycles. The van der Waals surface area contributed by atoms with Gasteiger partial charge in [0.15, 0.2) is 0 Å². The molecular weight excluding hydrogens is 276 g/mol. The summed E-state index contributed by atoms with van der Waals surface area (Å²) < 4.78 is 6.07. The molecule has 0 aliphatic heterocycles. The number of hydrogen-bond acceptors (Lipinski definition) is 3. The molecule has 0 saturated heterocycles. The Morgan fingerprint density at radius 1 is 1.50 bits per heavy atom. The maximum absolute atomic E-state index is 11.0. The monoisotopic (exact) mass is 302 g/mol. The zero-order valence-electron chi connectivity index (χ0n) is 13.8. The van der Waals surface area contributed by atoms with Crippen molar-refractivity contribution in [3.63, 3.8) is 0 Å². The molecule has 1 aliphatic rings. The van der Waals surface area contributed by atoms with Crippen LogP contribution in [0, 0.1) is 5.92 Å². The van der Waals surface area contributed by atoms with Crippen LogP contribution in [0.5, 0.6) is 5.75 Å². The third-order valence-electron chi connectivity index (χ3n) is 4.03. The summed E-state index contributed by atoms with van der Waals surface area (Å²) in [7, 11) is 0. The molecule has 2 rings (SSSR count). The largest absolute Gasteiger partial charge is 0.491 e. The Labute approximate surface area is 133 Å². The maximum atomic E-state index is 11.0. The predicted molar refractivity (Wildman–Crippen MR) is 90.3 cm³/mol. The number of carbonyl (C=O) groups excluding carboxylic acids is 1. The lowest BCUT2D eigenvalue weighted by atomic mass is 9.96. The van der Waals surface area contributed by atoms with Crippen molar-refractivity contribution in [3.8, 4) is 5.75 Å². The number of benzene rings is 1. The molecule has 4 nitrogen and oxygen atoms in total. The summed E-state index contributed by atoms with van der Waals surface area (Å²) in [5, 5.41) is 2.89. The molecule has 22 heavy (non-hydrogen) atoms. The van der Waals surface area contributed by atoms with E-state index in [-0.39, 0.29) is 5.91 Å². The van der Waals surface area contributed by atoms with Crippen molar-refractivity contribution in [1.82, 2.24) is 5.32 Å². The number of rotatable bonds is 7. The van der Waals surface area contributed by atoms with Crippen LogP contribution in [0.25, 0.3) is 0 Å². The molecule has 120 valence electrons. The van der Waals surface area contributed by atoms with Crippen molar-refractivity contribution in [2.75, 3.05) is 13.2 Å². The first kappa shape index (κ1) is 16.5. The zero-order valence-corrected chi connectivity index (χ0v) is 13.8. The van der Waals surface area contributed by atoms with E-state index < -0.39 is 0 Å². The van der Waals surface area contributed by atoms with E-state index in [1.165, 1.54) is 11.1 Å². The van der Waals surface area contributed by atoms with Crippen molar-refractivity contribution < 1.29 is 9.53 Å². The number of carbonyl (C=O) groups is 1. The highest BCUT2D eigenvalue weighted by Crippen LogP contribution is 2.45. The minimum Gasteiger partial charge on any atom is -0.491 e. The first-order valence-corrected chi connectivity index (χ1v) is 8.02. The van der Waals surface area contributed by atoms with Crippen LogP contribution >= 0.6 is 0 Å². The van der Waals surface area contributed by atoms with Gasteiger partial charge in [-0.3, -0.25) is 9.79 Å². The highest BCUT2D eigenvalue weighted by molar-refractivity contribution is 5.72. The zero-order chi connectivity index (χ0) is 16.1. The quantitative estimate of drug-likeness (QED) is 0.782. The molecule has 1 unspecified atom stereocenters. The van der Waals surface area contributed by atoms with Crippen LogP contribution in [0.4, 0.5) is 5.69 Å². The summed E-state index contributed by atoms with van der Waals surface area (Å²) >= 11 is 0. The molecule has 1 atom stereocenters. The average molecular weight is 302 g/mol. The van der Waals surface area contributed by atoms with Crippen LogP contribution in [0.15, 0.2) is 17.1 Å². The predicted octanol–water partition coefficient (Wildman–Crippen LogP) is 3.61. The second-order valence-corrected chi connectivity index (χ2v) is 6.36. The lowest BCUT2D eigenvalue weighted by Gasteiger charge is -2.19. The number of nitrogens with zero attached hydrogens (tertiary/aromatic N) is 1. The van der Waals surface area contributed by atoms with Gasteiger partial charge in [-0.25, -0.2) is 0 Å². The molecule has 0 bridgehead atoms. The Kier molecular flexibility index (Phi) is 5.58. The van der Waals surface area contributed by atoms with Gasteiger partial charge in [-0.05, 0) is 49.4 Å². The number of amides is 1. The molecule has 1 amide bonds. The van der Waals surface area contributed by atoms with Crippen molar-refractivity contribution in [2.24, 2.45) is 10.9 Å². The van der Waals surface area contributed by atoms with Gasteiger partial charge in [0.05, 0.1) is 6.61 Å². The van der Waals surface area contributed by atoms with Crippen molar-refractivity contribution >= 4 is 18.3 Å². The summed E-state index contributed by atoms with van der Waals surface area (Å²) in [5.41, 5.74) is 3.45. The molecule has 0 fully saturated rings. The Hall–Kier alpha value is -1.84. The minimum atomic E-state index is 0.0241. The van der Waals surface area contributed by atoms with E-state index in [9.17, 15) is 4.79 Å². The fourth-order valence-corrected chi connectivity index (χ4v) is 3.01. The smallest absolute Gasteiger partial charge is 0.216 e. The summed E-state index contributed by atoms with van der Waals surface area (Å²) in [5.74, 6) is 1.81. The van der Waals surface area contributed by atoms with E-state index in [1.807, 2.05) is 6.07 Å². The van der Waals surface area contributed by atoms with Gasteiger partial charge < -0.3 is 10.1 Å². The summed E-state index contributed by atoms with van der Waals surface area (Å²) in [4.78, 5) is 15.2. The molecule has 1 N–H and O–H groups in total. The number of aliphatic imine (C=N–C) groups is 1. The van der Waals surface area contributed by atoms with Crippen LogP contribution in [0.2, 0.25) is 0 Å². The highest BCUT2D eigenvalue weighted by Gasteiger charge is 2.28. The van der Waals surface area contributed by atoms with E-state index in [4.69, 9.17) is 4.74 Å². The van der Waals surface area contributed by atoms with Crippen LogP contribution in [-0.4, -0.2) is 25.8 Å². The molecule has 0 radical (unpaired) electrons. The van der Waals surface area contributed by atoms with Crippen molar-refractivity contribution in [3.05, 3.63) is 23.3 Å². The number of aryl methyl sites for hydroxylation is 1. The van der Waals surface area contributed by atoms with Gasteiger partial charge in [0.1, 0.15) is 11.4 Å². The van der Waals surface area contributed by atoms with Gasteiger partial charge >= 0.3 is 0 Å². The van der Waals surface area contributed by atoms with E-state index >= 15 is 0 Å². The average Bonchev–Trinajstić information content (AvgIpc) is 2.87. The van der Waals surface area contributed by atoms with Crippen LogP contribution in [-0.2, 0) is 11.2 Å². The van der Waals surface area contributed by atoms with Gasteiger partial charge in [-0.15, -0.1) is 0 Å². The standard InChI is InChI=1S/C18H26N2O2/c1-12(2)11-22-18-16(19-4)8-7-14-5-6-15(17(14)18)9-10-20-13(3)21/h7-8,12,15H,4-6,9-11H2,1-3H3,(H,20,21). The van der Waals surface area contributed by atoms with Gasteiger partial charge in [0.2, 0.25) is 5.91 Å². The second-order valence-electron chi connectivity index (χ2n) is 6.36. The number of fused-ring (bicyclic) bond motifs is 1. The van der Waals surface area contributed by atoms with E-state index in [0.717, 1.165) is 30.7 Å². The molecule has 4 heteroatoms. The fraction of sp³-hybridized carbons (Fsp3) is 0.556. The SMILES string of the molecule is C=Nc1ccc2c(c1OCC(C)C)C(CCNC(C)=O)CC2. The van der Waals surface area contributed by atoms with Gasteiger partial charge in [0, 0.05) is 19.0 Å². The van der Waals surface area contributed by atoms with E-state index in [1.54, 1.807) is 6.92 Å². The fourth-order valence-electron chi connectivity index (χ4n) is 3.01. The van der Waals surface area contributed by atoms with Gasteiger partial charge in [-0.1, -0.05) is 19.9 Å². The lowest BCUT2D eigenvalue weighted by Crippen LogP contribution is -2.22. The molecule has 0 heterocycles. The molecule has 1 aliphatic carbocycles. The van der Waals surface area contributed by atoms with E-state index in [2.05, 4.69) is 36.9 Å². The van der Waals surface area contributed by atoms with E-state index in [0.29, 0.717) is 25.0 Å². The Bertz CT molecular complexity index is 552. The number of nitrogens with one attached hydrogen (secondary N) is 1. The van der Waals surface area contributed by atoms with Crippen LogP contribution in [0.1, 0.15) is 50.7 Å². The molecular formula is C18H26N2O2. The summed E-state index contributed by atoms with van der Waals surface area (Å²) in [6.07, 6.45) is 3.11. The molecule has 1 aromatic rings. The first-order valence-electron chi connectivity index (χ1n) is 8.02. The lowest BCUT2D eigenvalue weighted by molar-refractivity contribution is -0.118. The molecule has 1 aromatic carbocycles. The normalized spacial score (nSPS) is 16.5. The Morgan fingerprint density at radius 3 is 2.91 bits per heavy atom. The summed E-state index contributed by atoms with van der Waals surface area (Å²) in [6.45, 7) is 10.9. The topological polar surface area (TPSA) is 50.7 Å². The third kappa shape index (κ3) is 3.87. The minimum absolute atomic E-state index is 0.0241. The third-order valence-corrected chi connectivity index (χ3v) is 4.03. The van der Waals surface area contributed by atoms with Crippen LogP contribution in [0.3, 0.4) is 0 Å². The molecule has 0 saturated carbocycles. The maximum Gasteiger partial charge on any atom is 0.216 e. The molecule has 0 spiro atoms. The Balaban J connectivity index is 2.22. The van der Waals surface area contributed by atoms with Crippen molar-refractivity contribution in [2.45, 2.75) is 46.0 Å². The van der Waals surface area contributed by atoms with Crippen LogP contribution < -0.4 is 10.1 Å². The number of hydrogen-bond donors (Lipinski definition) is 1. The highest BCUT2D eigenvalue weighted by atomic mass is 16.5. The first-order chi connectivity index (χ1) is 10.5. The number of ether oxygens (including phenoxy) is 1.